The van der Waals surface area contributed by atoms with Gasteiger partial charge in [-0.2, -0.15) is 0 Å². The Labute approximate surface area is 145 Å². The third kappa shape index (κ3) is 4.19. The minimum Gasteiger partial charge on any atom is -0.352 e. The first-order chi connectivity index (χ1) is 11.7. The van der Waals surface area contributed by atoms with Gasteiger partial charge in [0.1, 0.15) is 10.8 Å². The van der Waals surface area contributed by atoms with Crippen LogP contribution in [0.2, 0.25) is 0 Å². The van der Waals surface area contributed by atoms with E-state index in [1.165, 1.54) is 17.4 Å². The average Bonchev–Trinajstić information content (AvgIpc) is 3.03. The molecule has 1 aliphatic heterocycles. The lowest BCUT2D eigenvalue weighted by Crippen LogP contribution is -2.47. The number of thiazole rings is 1. The number of carbonyl (C=O) groups is 1. The van der Waals surface area contributed by atoms with Crippen LogP contribution in [0.5, 0.6) is 0 Å². The van der Waals surface area contributed by atoms with Crippen molar-refractivity contribution in [1.29, 1.82) is 0 Å². The predicted molar refractivity (Wildman–Crippen MR) is 94.2 cm³/mol. The Bertz CT molecular complexity index is 703. The van der Waals surface area contributed by atoms with E-state index in [9.17, 15) is 9.18 Å². The Morgan fingerprint density at radius 1 is 1.46 bits per heavy atom. The fourth-order valence-corrected chi connectivity index (χ4v) is 3.85. The van der Waals surface area contributed by atoms with Crippen LogP contribution < -0.4 is 5.32 Å². The van der Waals surface area contributed by atoms with Crippen LogP contribution in [-0.2, 0) is 11.3 Å². The fourth-order valence-electron chi connectivity index (χ4n) is 3.01. The molecule has 1 atom stereocenters. The number of aromatic nitrogens is 1. The molecule has 1 N–H and O–H groups in total. The number of piperidine rings is 1. The lowest BCUT2D eigenvalue weighted by atomic mass is 10.1. The van der Waals surface area contributed by atoms with Crippen LogP contribution in [0.1, 0.15) is 31.9 Å². The first-order valence-electron chi connectivity index (χ1n) is 8.36. The number of likely N-dealkylation sites (tertiary alicyclic amines) is 1. The van der Waals surface area contributed by atoms with E-state index < -0.39 is 0 Å². The summed E-state index contributed by atoms with van der Waals surface area (Å²) >= 11 is 1.47. The summed E-state index contributed by atoms with van der Waals surface area (Å²) in [7, 11) is 0. The van der Waals surface area contributed by atoms with Gasteiger partial charge in [-0.25, -0.2) is 9.37 Å². The molecule has 6 heteroatoms. The van der Waals surface area contributed by atoms with Crippen molar-refractivity contribution in [1.82, 2.24) is 15.2 Å². The quantitative estimate of drug-likeness (QED) is 0.901. The molecule has 128 valence electrons. The van der Waals surface area contributed by atoms with E-state index in [0.29, 0.717) is 12.0 Å². The second-order valence-electron chi connectivity index (χ2n) is 6.12. The summed E-state index contributed by atoms with van der Waals surface area (Å²) in [5.74, 6) is -0.129. The summed E-state index contributed by atoms with van der Waals surface area (Å²) < 4.78 is 13.9. The second-order valence-corrected chi connectivity index (χ2v) is 6.98. The number of benzene rings is 1. The van der Waals surface area contributed by atoms with Crippen molar-refractivity contribution in [3.05, 3.63) is 41.2 Å². The van der Waals surface area contributed by atoms with Crippen LogP contribution in [0.25, 0.3) is 10.6 Å². The van der Waals surface area contributed by atoms with Gasteiger partial charge in [-0.15, -0.1) is 11.3 Å². The maximum absolute atomic E-state index is 13.9. The highest BCUT2D eigenvalue weighted by Gasteiger charge is 2.21. The highest BCUT2D eigenvalue weighted by Crippen LogP contribution is 2.27. The lowest BCUT2D eigenvalue weighted by molar-refractivity contribution is -0.121. The van der Waals surface area contributed by atoms with Crippen molar-refractivity contribution in [3.8, 4) is 10.6 Å². The molecule has 0 aliphatic carbocycles. The number of hydrogen-bond acceptors (Lipinski definition) is 4. The van der Waals surface area contributed by atoms with Crippen molar-refractivity contribution >= 4 is 17.2 Å². The molecule has 0 radical (unpaired) electrons. The third-order valence-electron chi connectivity index (χ3n) is 4.23. The highest BCUT2D eigenvalue weighted by molar-refractivity contribution is 7.13. The molecule has 24 heavy (non-hydrogen) atoms. The van der Waals surface area contributed by atoms with Crippen LogP contribution in [0.3, 0.4) is 0 Å². The standard InChI is InChI=1S/C18H22FN3OS/c1-2-17(23)20-13-6-5-9-22(10-13)11-14-12-24-18(21-14)15-7-3-4-8-16(15)19/h3-4,7-8,12-13H,2,5-6,9-11H2,1H3,(H,20,23). The van der Waals surface area contributed by atoms with Crippen molar-refractivity contribution in [2.24, 2.45) is 0 Å². The minimum absolute atomic E-state index is 0.109. The predicted octanol–water partition coefficient (Wildman–Crippen LogP) is 3.44. The zero-order chi connectivity index (χ0) is 16.9. The molecule has 0 spiro atoms. The van der Waals surface area contributed by atoms with E-state index in [1.54, 1.807) is 12.1 Å². The smallest absolute Gasteiger partial charge is 0.219 e. The normalized spacial score (nSPS) is 18.5. The lowest BCUT2D eigenvalue weighted by Gasteiger charge is -2.32. The molecule has 1 amide bonds. The molecule has 0 saturated carbocycles. The minimum atomic E-state index is -0.237. The number of nitrogens with one attached hydrogen (secondary N) is 1. The summed E-state index contributed by atoms with van der Waals surface area (Å²) in [4.78, 5) is 18.5. The van der Waals surface area contributed by atoms with Gasteiger partial charge in [-0.1, -0.05) is 19.1 Å². The Balaban J connectivity index is 1.62. The second kappa shape index (κ2) is 7.85. The van der Waals surface area contributed by atoms with Crippen molar-refractivity contribution in [3.63, 3.8) is 0 Å². The van der Waals surface area contributed by atoms with Crippen LogP contribution >= 0.6 is 11.3 Å². The van der Waals surface area contributed by atoms with Gasteiger partial charge < -0.3 is 5.32 Å². The molecule has 1 saturated heterocycles. The fraction of sp³-hybridized carbons (Fsp3) is 0.444. The number of amides is 1. The van der Waals surface area contributed by atoms with Crippen molar-refractivity contribution in [2.75, 3.05) is 13.1 Å². The first kappa shape index (κ1) is 17.0. The number of halogens is 1. The molecule has 1 aromatic heterocycles. The number of nitrogens with zero attached hydrogens (tertiary/aromatic N) is 2. The van der Waals surface area contributed by atoms with Crippen LogP contribution in [0.4, 0.5) is 4.39 Å². The SMILES string of the molecule is CCC(=O)NC1CCCN(Cc2csc(-c3ccccc3F)n2)C1. The summed E-state index contributed by atoms with van der Waals surface area (Å²) in [6.45, 7) is 4.46. The number of rotatable bonds is 5. The molecule has 1 aliphatic rings. The summed E-state index contributed by atoms with van der Waals surface area (Å²) in [5, 5.41) is 5.79. The van der Waals surface area contributed by atoms with Gasteiger partial charge >= 0.3 is 0 Å². The van der Waals surface area contributed by atoms with E-state index in [0.717, 1.165) is 43.2 Å². The molecule has 1 unspecified atom stereocenters. The summed E-state index contributed by atoms with van der Waals surface area (Å²) in [6.07, 6.45) is 2.62. The monoisotopic (exact) mass is 347 g/mol. The van der Waals surface area contributed by atoms with E-state index in [2.05, 4.69) is 15.2 Å². The topological polar surface area (TPSA) is 45.2 Å². The van der Waals surface area contributed by atoms with Gasteiger partial charge in [0.05, 0.1) is 5.69 Å². The van der Waals surface area contributed by atoms with Crippen LogP contribution in [0, 0.1) is 5.82 Å². The zero-order valence-corrected chi connectivity index (χ0v) is 14.6. The van der Waals surface area contributed by atoms with Gasteiger partial charge in [0.25, 0.3) is 0 Å². The largest absolute Gasteiger partial charge is 0.352 e. The molecule has 1 aromatic carbocycles. The summed E-state index contributed by atoms with van der Waals surface area (Å²) in [6, 6.07) is 6.95. The molecular weight excluding hydrogens is 325 g/mol. The average molecular weight is 347 g/mol. The molecule has 0 bridgehead atoms. The van der Waals surface area contributed by atoms with Gasteiger partial charge in [0.2, 0.25) is 5.91 Å². The first-order valence-corrected chi connectivity index (χ1v) is 9.24. The van der Waals surface area contributed by atoms with Gasteiger partial charge in [0, 0.05) is 36.5 Å². The van der Waals surface area contributed by atoms with Crippen molar-refractivity contribution in [2.45, 2.75) is 38.8 Å². The van der Waals surface area contributed by atoms with Gasteiger partial charge in [-0.05, 0) is 31.5 Å². The van der Waals surface area contributed by atoms with E-state index in [1.807, 2.05) is 18.4 Å². The molecule has 2 aromatic rings. The molecule has 1 fully saturated rings. The summed E-state index contributed by atoms with van der Waals surface area (Å²) in [5.41, 5.74) is 1.52. The number of hydrogen-bond donors (Lipinski definition) is 1. The third-order valence-corrected chi connectivity index (χ3v) is 5.16. The maximum Gasteiger partial charge on any atom is 0.219 e. The molecule has 3 rings (SSSR count). The Hall–Kier alpha value is -1.79. The maximum atomic E-state index is 13.9. The van der Waals surface area contributed by atoms with Crippen molar-refractivity contribution < 1.29 is 9.18 Å². The zero-order valence-electron chi connectivity index (χ0n) is 13.8. The highest BCUT2D eigenvalue weighted by atomic mass is 32.1. The molecule has 2 heterocycles. The van der Waals surface area contributed by atoms with Gasteiger partial charge in [0.15, 0.2) is 0 Å². The Morgan fingerprint density at radius 3 is 3.08 bits per heavy atom. The number of carbonyl (C=O) groups excluding carboxylic acids is 1. The molecular formula is C18H22FN3OS. The van der Waals surface area contributed by atoms with E-state index in [-0.39, 0.29) is 17.8 Å². The van der Waals surface area contributed by atoms with E-state index in [4.69, 9.17) is 0 Å². The van der Waals surface area contributed by atoms with E-state index >= 15 is 0 Å². The van der Waals surface area contributed by atoms with Gasteiger partial charge in [-0.3, -0.25) is 9.69 Å². The van der Waals surface area contributed by atoms with Crippen LogP contribution in [-0.4, -0.2) is 34.9 Å². The molecule has 4 nitrogen and oxygen atoms in total. The Morgan fingerprint density at radius 2 is 2.29 bits per heavy atom. The van der Waals surface area contributed by atoms with Crippen LogP contribution in [0.15, 0.2) is 29.6 Å². The Kier molecular flexibility index (Phi) is 5.58.